The van der Waals surface area contributed by atoms with Gasteiger partial charge < -0.3 is 14.8 Å². The number of hydrogen-bond donors (Lipinski definition) is 1. The van der Waals surface area contributed by atoms with E-state index in [9.17, 15) is 14.9 Å². The van der Waals surface area contributed by atoms with Crippen LogP contribution < -0.4 is 14.8 Å². The lowest BCUT2D eigenvalue weighted by molar-refractivity contribution is -0.384. The lowest BCUT2D eigenvalue weighted by Gasteiger charge is -2.12. The zero-order chi connectivity index (χ0) is 21.3. The van der Waals surface area contributed by atoms with Crippen molar-refractivity contribution in [3.8, 4) is 17.2 Å². The summed E-state index contributed by atoms with van der Waals surface area (Å²) in [6.07, 6.45) is 0. The second kappa shape index (κ2) is 8.07. The number of rotatable bonds is 6. The molecule has 10 heteroatoms. The fourth-order valence-electron chi connectivity index (χ4n) is 3.20. The normalized spacial score (nSPS) is 12.3. The molecular weight excluding hydrogens is 408 g/mol. The molecule has 1 aromatic heterocycles. The van der Waals surface area contributed by atoms with Crippen LogP contribution in [0.5, 0.6) is 11.5 Å². The van der Waals surface area contributed by atoms with Gasteiger partial charge in [-0.1, -0.05) is 0 Å². The number of non-ortho nitro benzene ring substituents is 1. The quantitative estimate of drug-likeness (QED) is 0.472. The minimum atomic E-state index is -0.455. The van der Waals surface area contributed by atoms with Gasteiger partial charge in [0.2, 0.25) is 0 Å². The molecule has 0 fully saturated rings. The van der Waals surface area contributed by atoms with E-state index in [1.807, 2.05) is 0 Å². The summed E-state index contributed by atoms with van der Waals surface area (Å²) in [5.74, 6) is 2.69. The summed E-state index contributed by atoms with van der Waals surface area (Å²) in [6.45, 7) is 0. The molecule has 0 saturated carbocycles. The number of thioether (sulfide) groups is 1. The number of aromatic nitrogens is 2. The molecule has 0 atom stereocenters. The minimum Gasteiger partial charge on any atom is -0.493 e. The first-order valence-electron chi connectivity index (χ1n) is 8.98. The van der Waals surface area contributed by atoms with E-state index in [4.69, 9.17) is 9.47 Å². The molecule has 0 saturated heterocycles. The minimum absolute atomic E-state index is 0.00934. The average molecular weight is 426 g/mol. The number of benzene rings is 2. The number of ether oxygens (including phenoxy) is 2. The molecule has 1 amide bonds. The number of nitro benzene ring substituents is 1. The van der Waals surface area contributed by atoms with Crippen LogP contribution in [-0.2, 0) is 11.5 Å². The largest absolute Gasteiger partial charge is 0.493 e. The molecule has 9 nitrogen and oxygen atoms in total. The molecule has 2 aromatic carbocycles. The second-order valence-corrected chi connectivity index (χ2v) is 7.46. The zero-order valence-electron chi connectivity index (χ0n) is 16.2. The third kappa shape index (κ3) is 3.57. The zero-order valence-corrected chi connectivity index (χ0v) is 17.1. The number of nitro groups is 1. The summed E-state index contributed by atoms with van der Waals surface area (Å²) >= 11 is 1.71. The topological polar surface area (TPSA) is 109 Å². The number of methoxy groups -OCH3 is 2. The molecule has 154 valence electrons. The number of amides is 1. The highest BCUT2D eigenvalue weighted by Crippen LogP contribution is 2.37. The van der Waals surface area contributed by atoms with Crippen molar-refractivity contribution in [1.82, 2.24) is 9.78 Å². The summed E-state index contributed by atoms with van der Waals surface area (Å²) in [5.41, 5.74) is 2.86. The van der Waals surface area contributed by atoms with Gasteiger partial charge in [0.1, 0.15) is 5.82 Å². The molecule has 1 aliphatic heterocycles. The van der Waals surface area contributed by atoms with E-state index in [1.165, 1.54) is 26.4 Å². The van der Waals surface area contributed by atoms with Gasteiger partial charge >= 0.3 is 0 Å². The summed E-state index contributed by atoms with van der Waals surface area (Å²) in [5, 5.41) is 18.5. The Kier molecular flexibility index (Phi) is 5.32. The molecule has 2 heterocycles. The molecule has 1 aliphatic rings. The van der Waals surface area contributed by atoms with E-state index in [-0.39, 0.29) is 11.6 Å². The molecule has 0 aliphatic carbocycles. The first-order chi connectivity index (χ1) is 14.5. The van der Waals surface area contributed by atoms with Gasteiger partial charge in [-0.15, -0.1) is 0 Å². The Labute approximate surface area is 176 Å². The van der Waals surface area contributed by atoms with Gasteiger partial charge in [0.05, 0.1) is 30.5 Å². The van der Waals surface area contributed by atoms with Gasteiger partial charge in [0.15, 0.2) is 11.5 Å². The van der Waals surface area contributed by atoms with Crippen molar-refractivity contribution in [1.29, 1.82) is 0 Å². The fourth-order valence-corrected chi connectivity index (χ4v) is 4.24. The van der Waals surface area contributed by atoms with Crippen molar-refractivity contribution in [3.63, 3.8) is 0 Å². The molecule has 4 rings (SSSR count). The van der Waals surface area contributed by atoms with Crippen molar-refractivity contribution in [2.24, 2.45) is 0 Å². The van der Waals surface area contributed by atoms with E-state index in [0.29, 0.717) is 28.6 Å². The highest BCUT2D eigenvalue weighted by molar-refractivity contribution is 7.98. The van der Waals surface area contributed by atoms with E-state index in [1.54, 1.807) is 46.8 Å². The van der Waals surface area contributed by atoms with Crippen LogP contribution in [0.3, 0.4) is 0 Å². The number of fused-ring (bicyclic) bond motifs is 1. The molecule has 30 heavy (non-hydrogen) atoms. The lowest BCUT2D eigenvalue weighted by Crippen LogP contribution is -2.16. The predicted molar refractivity (Wildman–Crippen MR) is 113 cm³/mol. The van der Waals surface area contributed by atoms with Crippen molar-refractivity contribution in [3.05, 3.63) is 69.4 Å². The molecule has 0 spiro atoms. The Balaban J connectivity index is 1.69. The van der Waals surface area contributed by atoms with Gasteiger partial charge in [-0.2, -0.15) is 16.9 Å². The van der Waals surface area contributed by atoms with E-state index < -0.39 is 4.92 Å². The summed E-state index contributed by atoms with van der Waals surface area (Å²) < 4.78 is 12.1. The van der Waals surface area contributed by atoms with Crippen LogP contribution >= 0.6 is 11.8 Å². The molecule has 3 aromatic rings. The number of nitrogens with one attached hydrogen (secondary N) is 1. The smallest absolute Gasteiger partial charge is 0.269 e. The molecule has 0 radical (unpaired) electrons. The third-order valence-electron chi connectivity index (χ3n) is 4.73. The van der Waals surface area contributed by atoms with Crippen molar-refractivity contribution < 1.29 is 19.2 Å². The van der Waals surface area contributed by atoms with E-state index in [0.717, 1.165) is 22.8 Å². The number of anilines is 1. The van der Waals surface area contributed by atoms with Crippen LogP contribution in [0.1, 0.15) is 21.6 Å². The lowest BCUT2D eigenvalue weighted by atomic mass is 10.2. The molecule has 0 unspecified atom stereocenters. The van der Waals surface area contributed by atoms with Crippen LogP contribution in [-0.4, -0.2) is 34.8 Å². The van der Waals surface area contributed by atoms with Crippen molar-refractivity contribution in [2.45, 2.75) is 11.5 Å². The van der Waals surface area contributed by atoms with Crippen molar-refractivity contribution in [2.75, 3.05) is 19.5 Å². The van der Waals surface area contributed by atoms with Gasteiger partial charge in [0, 0.05) is 34.8 Å². The van der Waals surface area contributed by atoms with Gasteiger partial charge in [0.25, 0.3) is 11.6 Å². The highest BCUT2D eigenvalue weighted by Gasteiger charge is 2.25. The maximum Gasteiger partial charge on any atom is 0.269 e. The number of carbonyl (C=O) groups excluding carboxylic acids is 1. The SMILES string of the molecule is COc1ccc(C(=O)Nc2c3c(nn2-c2ccc([N+](=O)[O-])cc2)CSC3)cc1OC. The van der Waals surface area contributed by atoms with Crippen LogP contribution in [0.25, 0.3) is 5.69 Å². The Morgan fingerprint density at radius 2 is 1.87 bits per heavy atom. The highest BCUT2D eigenvalue weighted by atomic mass is 32.2. The van der Waals surface area contributed by atoms with Crippen LogP contribution in [0.15, 0.2) is 42.5 Å². The van der Waals surface area contributed by atoms with Crippen LogP contribution in [0.4, 0.5) is 11.5 Å². The predicted octanol–water partition coefficient (Wildman–Crippen LogP) is 3.80. The summed E-state index contributed by atoms with van der Waals surface area (Å²) in [4.78, 5) is 23.4. The van der Waals surface area contributed by atoms with Gasteiger partial charge in [-0.3, -0.25) is 14.9 Å². The second-order valence-electron chi connectivity index (χ2n) is 6.48. The van der Waals surface area contributed by atoms with E-state index >= 15 is 0 Å². The summed E-state index contributed by atoms with van der Waals surface area (Å²) in [6, 6.07) is 11.0. The molecule has 1 N–H and O–H groups in total. The Bertz CT molecular complexity index is 1130. The van der Waals surface area contributed by atoms with Gasteiger partial charge in [-0.05, 0) is 30.3 Å². The number of nitrogens with zero attached hydrogens (tertiary/aromatic N) is 3. The standard InChI is InChI=1S/C20H18N4O5S/c1-28-17-8-3-12(9-18(17)29-2)20(25)21-19-15-10-30-11-16(15)22-23(19)13-4-6-14(7-5-13)24(26)27/h3-9H,10-11H2,1-2H3,(H,21,25). The maximum absolute atomic E-state index is 13.0. The van der Waals surface area contributed by atoms with Crippen LogP contribution in [0, 0.1) is 10.1 Å². The Morgan fingerprint density at radius 3 is 2.53 bits per heavy atom. The number of hydrogen-bond acceptors (Lipinski definition) is 7. The Morgan fingerprint density at radius 1 is 1.13 bits per heavy atom. The molecule has 0 bridgehead atoms. The molecular formula is C20H18N4O5S. The van der Waals surface area contributed by atoms with Crippen LogP contribution in [0.2, 0.25) is 0 Å². The first-order valence-corrected chi connectivity index (χ1v) is 10.1. The third-order valence-corrected chi connectivity index (χ3v) is 5.71. The summed E-state index contributed by atoms with van der Waals surface area (Å²) in [7, 11) is 3.04. The Hall–Kier alpha value is -3.53. The maximum atomic E-state index is 13.0. The van der Waals surface area contributed by atoms with E-state index in [2.05, 4.69) is 10.4 Å². The fraction of sp³-hybridized carbons (Fsp3) is 0.200. The van der Waals surface area contributed by atoms with Crippen molar-refractivity contribution >= 4 is 29.2 Å². The average Bonchev–Trinajstić information content (AvgIpc) is 3.35. The van der Waals surface area contributed by atoms with Gasteiger partial charge in [-0.25, -0.2) is 4.68 Å². The monoisotopic (exact) mass is 426 g/mol. The number of carbonyl (C=O) groups is 1. The first kappa shape index (κ1) is 19.8.